The summed E-state index contributed by atoms with van der Waals surface area (Å²) >= 11 is 0. The molecule has 19 heavy (non-hydrogen) atoms. The minimum absolute atomic E-state index is 0.123. The molecule has 0 heterocycles. The Morgan fingerprint density at radius 1 is 1.05 bits per heavy atom. The number of aliphatic hydroxyl groups excluding tert-OH is 1. The maximum Gasteiger partial charge on any atom is 0.133 e. The van der Waals surface area contributed by atoms with Gasteiger partial charge >= 0.3 is 0 Å². The number of benzene rings is 2. The van der Waals surface area contributed by atoms with Crippen LogP contribution in [0.1, 0.15) is 17.2 Å². The van der Waals surface area contributed by atoms with Gasteiger partial charge in [-0.05, 0) is 29.8 Å². The van der Waals surface area contributed by atoms with Gasteiger partial charge in [-0.25, -0.2) is 4.39 Å². The number of ether oxygens (including phenoxy) is 2. The molecule has 0 amide bonds. The second-order valence-electron chi connectivity index (χ2n) is 4.03. The lowest BCUT2D eigenvalue weighted by molar-refractivity contribution is 0.208. The van der Waals surface area contributed by atoms with E-state index >= 15 is 0 Å². The number of rotatable bonds is 4. The van der Waals surface area contributed by atoms with Gasteiger partial charge in [0.25, 0.3) is 0 Å². The van der Waals surface area contributed by atoms with Crippen LogP contribution in [0.4, 0.5) is 4.39 Å². The fourth-order valence-electron chi connectivity index (χ4n) is 1.94. The zero-order valence-corrected chi connectivity index (χ0v) is 10.8. The first-order valence-electron chi connectivity index (χ1n) is 5.81. The lowest BCUT2D eigenvalue weighted by Gasteiger charge is -2.16. The van der Waals surface area contributed by atoms with Crippen LogP contribution < -0.4 is 9.47 Å². The molecule has 100 valence electrons. The van der Waals surface area contributed by atoms with Gasteiger partial charge in [-0.2, -0.15) is 0 Å². The number of hydrogen-bond acceptors (Lipinski definition) is 3. The van der Waals surface area contributed by atoms with Crippen LogP contribution in [-0.2, 0) is 0 Å². The van der Waals surface area contributed by atoms with E-state index in [2.05, 4.69) is 0 Å². The molecule has 0 aliphatic rings. The molecule has 0 saturated carbocycles. The highest BCUT2D eigenvalue weighted by molar-refractivity contribution is 5.42. The molecule has 2 aromatic carbocycles. The van der Waals surface area contributed by atoms with E-state index in [9.17, 15) is 9.50 Å². The van der Waals surface area contributed by atoms with Crippen LogP contribution in [0, 0.1) is 5.82 Å². The summed E-state index contributed by atoms with van der Waals surface area (Å²) in [6.07, 6.45) is -1.11. The summed E-state index contributed by atoms with van der Waals surface area (Å²) in [6, 6.07) is 11.3. The maximum absolute atomic E-state index is 13.9. The van der Waals surface area contributed by atoms with E-state index in [0.29, 0.717) is 17.1 Å². The van der Waals surface area contributed by atoms with Crippen LogP contribution in [0.15, 0.2) is 42.5 Å². The van der Waals surface area contributed by atoms with Gasteiger partial charge in [0.1, 0.15) is 23.4 Å². The molecule has 0 aliphatic carbocycles. The minimum Gasteiger partial charge on any atom is -0.497 e. The number of aliphatic hydroxyl groups is 1. The summed E-state index contributed by atoms with van der Waals surface area (Å²) < 4.78 is 24.1. The van der Waals surface area contributed by atoms with Crippen molar-refractivity contribution in [3.63, 3.8) is 0 Å². The summed E-state index contributed by atoms with van der Waals surface area (Å²) in [5.41, 5.74) is 0.668. The van der Waals surface area contributed by atoms with Gasteiger partial charge in [0.15, 0.2) is 0 Å². The smallest absolute Gasteiger partial charge is 0.133 e. The fourth-order valence-corrected chi connectivity index (χ4v) is 1.94. The summed E-state index contributed by atoms with van der Waals surface area (Å²) in [5.74, 6) is 0.414. The number of hydrogen-bond donors (Lipinski definition) is 1. The van der Waals surface area contributed by atoms with Crippen molar-refractivity contribution in [1.82, 2.24) is 0 Å². The third kappa shape index (κ3) is 2.69. The van der Waals surface area contributed by atoms with Crippen LogP contribution in [-0.4, -0.2) is 19.3 Å². The Morgan fingerprint density at radius 2 is 1.79 bits per heavy atom. The molecule has 2 aromatic rings. The SMILES string of the molecule is COc1cccc(C(O)c2c(F)cccc2OC)c1. The predicted octanol–water partition coefficient (Wildman–Crippen LogP) is 2.92. The molecule has 4 heteroatoms. The topological polar surface area (TPSA) is 38.7 Å². The van der Waals surface area contributed by atoms with Crippen LogP contribution in [0.25, 0.3) is 0 Å². The zero-order valence-electron chi connectivity index (χ0n) is 10.8. The standard InChI is InChI=1S/C15H15FO3/c1-18-11-6-3-5-10(9-11)15(17)14-12(16)7-4-8-13(14)19-2/h3-9,15,17H,1-2H3. The Bertz CT molecular complexity index is 569. The van der Waals surface area contributed by atoms with Gasteiger partial charge < -0.3 is 14.6 Å². The van der Waals surface area contributed by atoms with Gasteiger partial charge in [-0.3, -0.25) is 0 Å². The Labute approximate surface area is 111 Å². The molecule has 0 spiro atoms. The Morgan fingerprint density at radius 3 is 2.47 bits per heavy atom. The molecule has 0 aliphatic heterocycles. The quantitative estimate of drug-likeness (QED) is 0.920. The average molecular weight is 262 g/mol. The normalized spacial score (nSPS) is 12.0. The van der Waals surface area contributed by atoms with E-state index in [0.717, 1.165) is 0 Å². The largest absolute Gasteiger partial charge is 0.497 e. The van der Waals surface area contributed by atoms with E-state index in [1.165, 1.54) is 26.4 Å². The molecule has 0 radical (unpaired) electrons. The van der Waals surface area contributed by atoms with Crippen molar-refractivity contribution < 1.29 is 19.0 Å². The summed E-state index contributed by atoms with van der Waals surface area (Å²) in [6.45, 7) is 0. The Balaban J connectivity index is 2.46. The third-order valence-corrected chi connectivity index (χ3v) is 2.92. The molecule has 0 bridgehead atoms. The molecule has 0 saturated heterocycles. The highest BCUT2D eigenvalue weighted by Crippen LogP contribution is 2.33. The maximum atomic E-state index is 13.9. The van der Waals surface area contributed by atoms with Crippen molar-refractivity contribution in [1.29, 1.82) is 0 Å². The molecule has 0 aromatic heterocycles. The van der Waals surface area contributed by atoms with E-state index < -0.39 is 11.9 Å². The van der Waals surface area contributed by atoms with E-state index in [1.807, 2.05) is 0 Å². The summed E-state index contributed by atoms with van der Waals surface area (Å²) in [5, 5.41) is 10.3. The molecule has 0 fully saturated rings. The molecular formula is C15H15FO3. The van der Waals surface area contributed by atoms with Crippen molar-refractivity contribution in [2.75, 3.05) is 14.2 Å². The first kappa shape index (κ1) is 13.4. The fraction of sp³-hybridized carbons (Fsp3) is 0.200. The molecule has 1 N–H and O–H groups in total. The van der Waals surface area contributed by atoms with E-state index in [-0.39, 0.29) is 5.56 Å². The van der Waals surface area contributed by atoms with Crippen molar-refractivity contribution in [2.24, 2.45) is 0 Å². The molecule has 1 atom stereocenters. The van der Waals surface area contributed by atoms with Crippen LogP contribution in [0.2, 0.25) is 0 Å². The minimum atomic E-state index is -1.11. The van der Waals surface area contributed by atoms with Crippen molar-refractivity contribution in [3.8, 4) is 11.5 Å². The second-order valence-corrected chi connectivity index (χ2v) is 4.03. The molecule has 1 unspecified atom stereocenters. The molecule has 3 nitrogen and oxygen atoms in total. The Hall–Kier alpha value is -2.07. The first-order chi connectivity index (χ1) is 9.17. The van der Waals surface area contributed by atoms with Crippen LogP contribution in [0.3, 0.4) is 0 Å². The van der Waals surface area contributed by atoms with E-state index in [4.69, 9.17) is 9.47 Å². The summed E-state index contributed by atoms with van der Waals surface area (Å²) in [4.78, 5) is 0. The highest BCUT2D eigenvalue weighted by Gasteiger charge is 2.20. The molecule has 2 rings (SSSR count). The third-order valence-electron chi connectivity index (χ3n) is 2.92. The van der Waals surface area contributed by atoms with Gasteiger partial charge in [0, 0.05) is 0 Å². The van der Waals surface area contributed by atoms with E-state index in [1.54, 1.807) is 30.3 Å². The lowest BCUT2D eigenvalue weighted by Crippen LogP contribution is -2.05. The monoisotopic (exact) mass is 262 g/mol. The van der Waals surface area contributed by atoms with Gasteiger partial charge in [0.05, 0.1) is 19.8 Å². The highest BCUT2D eigenvalue weighted by atomic mass is 19.1. The van der Waals surface area contributed by atoms with Crippen LogP contribution >= 0.6 is 0 Å². The van der Waals surface area contributed by atoms with Crippen LogP contribution in [0.5, 0.6) is 11.5 Å². The zero-order chi connectivity index (χ0) is 13.8. The number of halogens is 1. The Kier molecular flexibility index (Phi) is 4.02. The molecular weight excluding hydrogens is 247 g/mol. The van der Waals surface area contributed by atoms with Crippen molar-refractivity contribution >= 4 is 0 Å². The van der Waals surface area contributed by atoms with Gasteiger partial charge in [0.2, 0.25) is 0 Å². The van der Waals surface area contributed by atoms with Gasteiger partial charge in [-0.1, -0.05) is 18.2 Å². The van der Waals surface area contributed by atoms with Crippen molar-refractivity contribution in [3.05, 3.63) is 59.4 Å². The van der Waals surface area contributed by atoms with Gasteiger partial charge in [-0.15, -0.1) is 0 Å². The first-order valence-corrected chi connectivity index (χ1v) is 5.81. The predicted molar refractivity (Wildman–Crippen MR) is 70.0 cm³/mol. The van der Waals surface area contributed by atoms with Crippen molar-refractivity contribution in [2.45, 2.75) is 6.10 Å². The number of methoxy groups -OCH3 is 2. The second kappa shape index (κ2) is 5.71. The lowest BCUT2D eigenvalue weighted by atomic mass is 10.00. The average Bonchev–Trinajstić information content (AvgIpc) is 2.46. The summed E-state index contributed by atoms with van der Waals surface area (Å²) in [7, 11) is 2.98.